The Bertz CT molecular complexity index is 987. The molecule has 43 heavy (non-hydrogen) atoms. The Morgan fingerprint density at radius 1 is 0.767 bits per heavy atom. The molecule has 0 aromatic heterocycles. The first-order valence-corrected chi connectivity index (χ1v) is 14.0. The van der Waals surface area contributed by atoms with Gasteiger partial charge in [0.25, 0.3) is 0 Å². The van der Waals surface area contributed by atoms with Crippen LogP contribution in [0.2, 0.25) is 0 Å². The van der Waals surface area contributed by atoms with Crippen LogP contribution in [0.15, 0.2) is 12.7 Å². The van der Waals surface area contributed by atoms with E-state index in [-0.39, 0.29) is 26.4 Å². The first kappa shape index (κ1) is 35.9. The van der Waals surface area contributed by atoms with Gasteiger partial charge in [-0.2, -0.15) is 0 Å². The highest BCUT2D eigenvalue weighted by Gasteiger charge is 2.51. The summed E-state index contributed by atoms with van der Waals surface area (Å²) in [7, 11) is 1.44. The third-order valence-electron chi connectivity index (χ3n) is 7.01. The number of carbonyl (C=O) groups excluding carboxylic acids is 5. The number of alkyl carbamates (subject to hydrolysis) is 1. The highest BCUT2D eigenvalue weighted by atomic mass is 16.7. The number of ether oxygens (including phenoxy) is 9. The summed E-state index contributed by atoms with van der Waals surface area (Å²) in [4.78, 5) is 58.9. The summed E-state index contributed by atoms with van der Waals surface area (Å²) in [6.45, 7) is 11.8. The van der Waals surface area contributed by atoms with Gasteiger partial charge in [0.1, 0.15) is 38.1 Å². The number of amides is 1. The normalized spacial score (nSPS) is 32.1. The molecule has 0 aliphatic carbocycles. The molecule has 0 saturated carbocycles. The first-order chi connectivity index (χ1) is 20.3. The maximum absolute atomic E-state index is 12.3. The lowest BCUT2D eigenvalue weighted by Crippen LogP contribution is -2.62. The van der Waals surface area contributed by atoms with Crippen molar-refractivity contribution in [2.24, 2.45) is 11.8 Å². The molecule has 244 valence electrons. The van der Waals surface area contributed by atoms with Gasteiger partial charge in [-0.1, -0.05) is 20.4 Å². The second-order valence-electron chi connectivity index (χ2n) is 10.3. The maximum atomic E-state index is 12.3. The molecule has 0 spiro atoms. The van der Waals surface area contributed by atoms with Crippen molar-refractivity contribution in [3.05, 3.63) is 12.7 Å². The molecule has 0 bridgehead atoms. The molecule has 0 aromatic rings. The fraction of sp³-hybridized carbons (Fsp3) is 0.750. The fourth-order valence-electron chi connectivity index (χ4n) is 5.12. The largest absolute Gasteiger partial charge is 0.463 e. The minimum absolute atomic E-state index is 0.000474. The molecule has 15 heteroatoms. The van der Waals surface area contributed by atoms with Gasteiger partial charge in [-0.15, -0.1) is 0 Å². The van der Waals surface area contributed by atoms with Gasteiger partial charge in [-0.3, -0.25) is 14.4 Å². The van der Waals surface area contributed by atoms with Crippen LogP contribution in [-0.2, 0) is 61.8 Å². The van der Waals surface area contributed by atoms with E-state index >= 15 is 0 Å². The summed E-state index contributed by atoms with van der Waals surface area (Å²) in [5.41, 5.74) is 0. The molecule has 0 aromatic carbocycles. The molecule has 15 nitrogen and oxygen atoms in total. The number of nitrogens with one attached hydrogen (secondary N) is 1. The van der Waals surface area contributed by atoms with Gasteiger partial charge < -0.3 is 47.9 Å². The third-order valence-corrected chi connectivity index (χ3v) is 7.01. The Morgan fingerprint density at radius 3 is 1.93 bits per heavy atom. The lowest BCUT2D eigenvalue weighted by molar-refractivity contribution is -0.331. The van der Waals surface area contributed by atoms with Crippen molar-refractivity contribution >= 4 is 30.0 Å². The van der Waals surface area contributed by atoms with Gasteiger partial charge >= 0.3 is 30.0 Å². The SMILES string of the molecule is C=CC(=O)OCCNC(=O)OCC1OC(OC2C(COC(C)=O)OC(C)C(OC(C)=O)C2C)C(OC(C)=O)C(C)C1OC. The van der Waals surface area contributed by atoms with Gasteiger partial charge in [0.05, 0.1) is 24.9 Å². The van der Waals surface area contributed by atoms with E-state index in [1.807, 2.05) is 0 Å². The molecule has 2 aliphatic heterocycles. The second-order valence-corrected chi connectivity index (χ2v) is 10.3. The maximum Gasteiger partial charge on any atom is 0.407 e. The van der Waals surface area contributed by atoms with E-state index in [0.29, 0.717) is 0 Å². The van der Waals surface area contributed by atoms with E-state index < -0.39 is 90.8 Å². The van der Waals surface area contributed by atoms with E-state index in [0.717, 1.165) is 6.08 Å². The summed E-state index contributed by atoms with van der Waals surface area (Å²) in [5.74, 6) is -3.23. The van der Waals surface area contributed by atoms with E-state index in [1.54, 1.807) is 20.8 Å². The molecule has 2 fully saturated rings. The molecule has 1 N–H and O–H groups in total. The van der Waals surface area contributed by atoms with Gasteiger partial charge in [0, 0.05) is 45.8 Å². The summed E-state index contributed by atoms with van der Waals surface area (Å²) in [6.07, 6.45) is -6.39. The Morgan fingerprint density at radius 2 is 1.35 bits per heavy atom. The average molecular weight is 618 g/mol. The summed E-state index contributed by atoms with van der Waals surface area (Å²) < 4.78 is 50.7. The summed E-state index contributed by atoms with van der Waals surface area (Å²) in [5, 5.41) is 2.45. The van der Waals surface area contributed by atoms with Crippen LogP contribution < -0.4 is 5.32 Å². The minimum Gasteiger partial charge on any atom is -0.463 e. The van der Waals surface area contributed by atoms with E-state index in [4.69, 9.17) is 42.6 Å². The number of carbonyl (C=O) groups is 5. The molecule has 2 rings (SSSR count). The van der Waals surface area contributed by atoms with Crippen molar-refractivity contribution < 1.29 is 66.6 Å². The Balaban J connectivity index is 2.24. The third kappa shape index (κ3) is 10.7. The van der Waals surface area contributed by atoms with Crippen molar-refractivity contribution in [3.8, 4) is 0 Å². The zero-order valence-corrected chi connectivity index (χ0v) is 25.6. The number of hydrogen-bond donors (Lipinski definition) is 1. The second kappa shape index (κ2) is 17.1. The number of hydrogen-bond acceptors (Lipinski definition) is 14. The predicted octanol–water partition coefficient (Wildman–Crippen LogP) is 1.05. The smallest absolute Gasteiger partial charge is 0.407 e. The molecule has 0 radical (unpaired) electrons. The molecular weight excluding hydrogens is 574 g/mol. The highest BCUT2D eigenvalue weighted by Crippen LogP contribution is 2.36. The number of esters is 4. The zero-order valence-electron chi connectivity index (χ0n) is 25.6. The van der Waals surface area contributed by atoms with Crippen molar-refractivity contribution in [2.45, 2.75) is 90.6 Å². The van der Waals surface area contributed by atoms with Crippen molar-refractivity contribution in [1.29, 1.82) is 0 Å². The van der Waals surface area contributed by atoms with Crippen molar-refractivity contribution in [3.63, 3.8) is 0 Å². The lowest BCUT2D eigenvalue weighted by atomic mass is 9.87. The van der Waals surface area contributed by atoms with Crippen LogP contribution in [0.25, 0.3) is 0 Å². The van der Waals surface area contributed by atoms with E-state index in [2.05, 4.69) is 11.9 Å². The molecule has 2 saturated heterocycles. The van der Waals surface area contributed by atoms with Crippen LogP contribution in [-0.4, -0.2) is 112 Å². The van der Waals surface area contributed by atoms with Crippen molar-refractivity contribution in [1.82, 2.24) is 5.32 Å². The fourth-order valence-corrected chi connectivity index (χ4v) is 5.12. The van der Waals surface area contributed by atoms with Gasteiger partial charge in [-0.25, -0.2) is 9.59 Å². The minimum atomic E-state index is -1.21. The molecule has 10 unspecified atom stereocenters. The van der Waals surface area contributed by atoms with Crippen LogP contribution in [0.1, 0.15) is 41.5 Å². The molecule has 1 amide bonds. The molecule has 10 atom stereocenters. The molecule has 2 aliphatic rings. The monoisotopic (exact) mass is 617 g/mol. The topological polar surface area (TPSA) is 180 Å². The van der Waals surface area contributed by atoms with Crippen LogP contribution in [0, 0.1) is 11.8 Å². The summed E-state index contributed by atoms with van der Waals surface area (Å²) >= 11 is 0. The standard InChI is InChI=1S/C28H43NO14/c1-9-22(33)36-11-10-29-28(34)38-13-20-24(35-8)15(3)26(41-19(7)32)27(42-20)43-25-14(2)23(40-18(6)31)16(4)39-21(25)12-37-17(5)30/h9,14-16,20-21,23-27H,1,10-13H2,2-8H3,(H,29,34). The molecule has 2 heterocycles. The average Bonchev–Trinajstić information content (AvgIpc) is 2.93. The Labute approximate surface area is 250 Å². The quantitative estimate of drug-likeness (QED) is 0.134. The Hall–Kier alpha value is -3.27. The Kier molecular flexibility index (Phi) is 14.3. The van der Waals surface area contributed by atoms with Crippen LogP contribution >= 0.6 is 0 Å². The van der Waals surface area contributed by atoms with Gasteiger partial charge in [0.2, 0.25) is 0 Å². The predicted molar refractivity (Wildman–Crippen MR) is 145 cm³/mol. The lowest BCUT2D eigenvalue weighted by Gasteiger charge is -2.48. The highest BCUT2D eigenvalue weighted by molar-refractivity contribution is 5.81. The summed E-state index contributed by atoms with van der Waals surface area (Å²) in [6, 6.07) is 0. The zero-order chi connectivity index (χ0) is 32.3. The van der Waals surface area contributed by atoms with E-state index in [1.165, 1.54) is 27.9 Å². The number of rotatable bonds is 13. The van der Waals surface area contributed by atoms with Gasteiger partial charge in [-0.05, 0) is 6.92 Å². The van der Waals surface area contributed by atoms with Gasteiger partial charge in [0.15, 0.2) is 12.4 Å². The van der Waals surface area contributed by atoms with Crippen LogP contribution in [0.3, 0.4) is 0 Å². The number of methoxy groups -OCH3 is 1. The van der Waals surface area contributed by atoms with Crippen LogP contribution in [0.5, 0.6) is 0 Å². The van der Waals surface area contributed by atoms with Crippen LogP contribution in [0.4, 0.5) is 4.79 Å². The molecular formula is C28H43NO14. The first-order valence-electron chi connectivity index (χ1n) is 14.0. The van der Waals surface area contributed by atoms with Crippen molar-refractivity contribution in [2.75, 3.05) is 33.5 Å². The van der Waals surface area contributed by atoms with E-state index in [9.17, 15) is 24.0 Å².